The lowest BCUT2D eigenvalue weighted by Crippen LogP contribution is -2.32. The molecule has 4 aromatic heterocycles. The molecule has 0 aliphatic carbocycles. The van der Waals surface area contributed by atoms with Crippen molar-refractivity contribution >= 4 is 5.78 Å². The minimum absolute atomic E-state index is 0.296. The van der Waals surface area contributed by atoms with E-state index in [1.54, 1.807) is 17.8 Å². The smallest absolute Gasteiger partial charge is 0.337 e. The molecule has 1 aliphatic heterocycles. The third-order valence-corrected chi connectivity index (χ3v) is 7.58. The summed E-state index contributed by atoms with van der Waals surface area (Å²) in [6.07, 6.45) is 5.82. The fraction of sp³-hybridized carbons (Fsp3) is 0.226. The Labute approximate surface area is 237 Å². The number of piperidine rings is 1. The molecule has 0 amide bonds. The second-order valence-corrected chi connectivity index (χ2v) is 10.2. The van der Waals surface area contributed by atoms with Gasteiger partial charge in [0.15, 0.2) is 5.82 Å². The molecule has 204 valence electrons. The number of benzene rings is 2. The minimum atomic E-state index is 0.296. The molecule has 1 N–H and O–H groups in total. The Morgan fingerprint density at radius 2 is 1.68 bits per heavy atom. The molecule has 5 heterocycles. The van der Waals surface area contributed by atoms with Crippen molar-refractivity contribution in [2.24, 2.45) is 0 Å². The van der Waals surface area contributed by atoms with Gasteiger partial charge in [0.05, 0.1) is 12.8 Å². The minimum Gasteiger partial charge on any atom is -0.466 e. The van der Waals surface area contributed by atoms with E-state index in [1.165, 1.54) is 5.56 Å². The summed E-state index contributed by atoms with van der Waals surface area (Å²) in [5, 5.41) is 11.9. The molecule has 0 atom stereocenters. The summed E-state index contributed by atoms with van der Waals surface area (Å²) in [4.78, 5) is 20.9. The zero-order valence-corrected chi connectivity index (χ0v) is 22.7. The molecule has 7 rings (SSSR count). The maximum absolute atomic E-state index is 5.23. The zero-order valence-electron chi connectivity index (χ0n) is 22.7. The SMILES string of the molecule is COc1nc2nc(-c3ccc(CN4CCC(c5nc(-c6ccccn6)n[nH]5)CC4)cc3)c(-c3ccccc3)cn2n1. The molecule has 0 unspecified atom stereocenters. The van der Waals surface area contributed by atoms with Crippen LogP contribution in [0.2, 0.25) is 0 Å². The quantitative estimate of drug-likeness (QED) is 0.299. The molecule has 2 aromatic carbocycles. The lowest BCUT2D eigenvalue weighted by Gasteiger charge is -2.31. The lowest BCUT2D eigenvalue weighted by atomic mass is 9.95. The predicted molar refractivity (Wildman–Crippen MR) is 155 cm³/mol. The van der Waals surface area contributed by atoms with Crippen molar-refractivity contribution in [2.75, 3.05) is 20.2 Å². The normalized spacial score (nSPS) is 14.5. The van der Waals surface area contributed by atoms with Gasteiger partial charge in [-0.3, -0.25) is 15.0 Å². The predicted octanol–water partition coefficient (Wildman–Crippen LogP) is 5.03. The standard InChI is InChI=1S/C31H29N9O/c1-41-31-35-30-33-27(25(20-40(30)38-31)22-7-3-2-4-8-22)23-12-10-21(11-13-23)19-39-17-14-24(15-18-39)28-34-29(37-36-28)26-9-5-6-16-32-26/h2-13,16,20,24H,14-15,17-19H2,1H3,(H,34,36,37). The molecular formula is C31H29N9O. The fourth-order valence-electron chi connectivity index (χ4n) is 5.40. The molecule has 10 nitrogen and oxygen atoms in total. The number of methoxy groups -OCH3 is 1. The van der Waals surface area contributed by atoms with Crippen LogP contribution in [0.3, 0.4) is 0 Å². The first kappa shape index (κ1) is 25.0. The summed E-state index contributed by atoms with van der Waals surface area (Å²) in [5.74, 6) is 2.50. The maximum Gasteiger partial charge on any atom is 0.337 e. The van der Waals surface area contributed by atoms with Crippen LogP contribution in [0.5, 0.6) is 6.01 Å². The Hall–Kier alpha value is -4.96. The van der Waals surface area contributed by atoms with Crippen molar-refractivity contribution in [2.45, 2.75) is 25.3 Å². The number of likely N-dealkylation sites (tertiary alicyclic amines) is 1. The van der Waals surface area contributed by atoms with Crippen LogP contribution in [-0.4, -0.2) is 64.8 Å². The molecule has 0 radical (unpaired) electrons. The number of hydrogen-bond donors (Lipinski definition) is 1. The Balaban J connectivity index is 1.05. The van der Waals surface area contributed by atoms with Gasteiger partial charge in [-0.1, -0.05) is 60.7 Å². The molecule has 1 saturated heterocycles. The number of aromatic nitrogens is 8. The highest BCUT2D eigenvalue weighted by Crippen LogP contribution is 2.32. The van der Waals surface area contributed by atoms with Crippen LogP contribution in [0, 0.1) is 0 Å². The highest BCUT2D eigenvalue weighted by atomic mass is 16.5. The van der Waals surface area contributed by atoms with E-state index in [9.17, 15) is 0 Å². The maximum atomic E-state index is 5.23. The van der Waals surface area contributed by atoms with Crippen molar-refractivity contribution in [1.82, 2.24) is 44.6 Å². The lowest BCUT2D eigenvalue weighted by molar-refractivity contribution is 0.202. The van der Waals surface area contributed by atoms with Crippen LogP contribution in [-0.2, 0) is 6.54 Å². The number of rotatable bonds is 7. The van der Waals surface area contributed by atoms with Gasteiger partial charge in [0.2, 0.25) is 0 Å². The van der Waals surface area contributed by atoms with Crippen LogP contribution in [0.1, 0.15) is 30.1 Å². The van der Waals surface area contributed by atoms with Crippen molar-refractivity contribution in [3.63, 3.8) is 0 Å². The first-order valence-corrected chi connectivity index (χ1v) is 13.8. The summed E-state index contributed by atoms with van der Waals surface area (Å²) in [6, 6.07) is 25.0. The van der Waals surface area contributed by atoms with E-state index in [0.717, 1.165) is 66.4 Å². The number of H-pyrrole nitrogens is 1. The fourth-order valence-corrected chi connectivity index (χ4v) is 5.40. The third-order valence-electron chi connectivity index (χ3n) is 7.58. The molecular weight excluding hydrogens is 514 g/mol. The van der Waals surface area contributed by atoms with E-state index in [4.69, 9.17) is 14.7 Å². The Kier molecular flexibility index (Phi) is 6.65. The van der Waals surface area contributed by atoms with Crippen LogP contribution in [0.25, 0.3) is 39.7 Å². The van der Waals surface area contributed by atoms with Gasteiger partial charge in [-0.2, -0.15) is 10.1 Å². The molecule has 0 bridgehead atoms. The molecule has 1 aliphatic rings. The molecule has 0 saturated carbocycles. The van der Waals surface area contributed by atoms with Gasteiger partial charge >= 0.3 is 6.01 Å². The second-order valence-electron chi connectivity index (χ2n) is 10.2. The number of fused-ring (bicyclic) bond motifs is 1. The van der Waals surface area contributed by atoms with Crippen molar-refractivity contribution in [3.8, 4) is 39.9 Å². The molecule has 41 heavy (non-hydrogen) atoms. The van der Waals surface area contributed by atoms with Gasteiger partial charge in [-0.15, -0.1) is 5.10 Å². The van der Waals surface area contributed by atoms with Crippen LogP contribution in [0.15, 0.2) is 85.2 Å². The van der Waals surface area contributed by atoms with Gasteiger partial charge in [0.1, 0.15) is 11.5 Å². The summed E-state index contributed by atoms with van der Waals surface area (Å²) in [6.45, 7) is 2.93. The summed E-state index contributed by atoms with van der Waals surface area (Å²) >= 11 is 0. The summed E-state index contributed by atoms with van der Waals surface area (Å²) < 4.78 is 6.90. The highest BCUT2D eigenvalue weighted by molar-refractivity contribution is 5.81. The van der Waals surface area contributed by atoms with E-state index in [0.29, 0.717) is 23.5 Å². The first-order valence-electron chi connectivity index (χ1n) is 13.8. The van der Waals surface area contributed by atoms with Gasteiger partial charge in [-0.05, 0) is 49.2 Å². The topological polar surface area (TPSA) is 110 Å². The number of pyridine rings is 1. The van der Waals surface area contributed by atoms with Crippen molar-refractivity contribution in [3.05, 3.63) is 96.6 Å². The number of nitrogens with one attached hydrogen (secondary N) is 1. The van der Waals surface area contributed by atoms with Crippen LogP contribution < -0.4 is 4.74 Å². The largest absolute Gasteiger partial charge is 0.466 e. The van der Waals surface area contributed by atoms with E-state index < -0.39 is 0 Å². The average molecular weight is 544 g/mol. The monoisotopic (exact) mass is 543 g/mol. The summed E-state index contributed by atoms with van der Waals surface area (Å²) in [5.41, 5.74) is 6.02. The average Bonchev–Trinajstić information content (AvgIpc) is 3.70. The number of nitrogens with zero attached hydrogens (tertiary/aromatic N) is 8. The molecule has 0 spiro atoms. The number of ether oxygens (including phenoxy) is 1. The molecule has 6 aromatic rings. The van der Waals surface area contributed by atoms with Gasteiger partial charge < -0.3 is 4.74 Å². The Bertz CT molecular complexity index is 1760. The first-order chi connectivity index (χ1) is 20.2. The van der Waals surface area contributed by atoms with E-state index >= 15 is 0 Å². The number of aromatic amines is 1. The zero-order chi connectivity index (χ0) is 27.6. The molecule has 1 fully saturated rings. The van der Waals surface area contributed by atoms with Crippen LogP contribution >= 0.6 is 0 Å². The van der Waals surface area contributed by atoms with E-state index in [2.05, 4.69) is 66.6 Å². The van der Waals surface area contributed by atoms with E-state index in [1.807, 2.05) is 42.6 Å². The van der Waals surface area contributed by atoms with Crippen molar-refractivity contribution in [1.29, 1.82) is 0 Å². The van der Waals surface area contributed by atoms with Crippen LogP contribution in [0.4, 0.5) is 0 Å². The summed E-state index contributed by atoms with van der Waals surface area (Å²) in [7, 11) is 1.56. The van der Waals surface area contributed by atoms with Gasteiger partial charge in [0, 0.05) is 36.0 Å². The van der Waals surface area contributed by atoms with Crippen molar-refractivity contribution < 1.29 is 4.74 Å². The van der Waals surface area contributed by atoms with Gasteiger partial charge in [0.25, 0.3) is 5.78 Å². The molecule has 10 heteroatoms. The Morgan fingerprint density at radius 1 is 0.878 bits per heavy atom. The van der Waals surface area contributed by atoms with Gasteiger partial charge in [-0.25, -0.2) is 14.5 Å². The highest BCUT2D eigenvalue weighted by Gasteiger charge is 2.24. The second kappa shape index (κ2) is 10.9. The van der Waals surface area contributed by atoms with E-state index in [-0.39, 0.29) is 0 Å². The number of hydrogen-bond acceptors (Lipinski definition) is 8. The Morgan fingerprint density at radius 3 is 2.44 bits per heavy atom. The third kappa shape index (κ3) is 5.17.